The van der Waals surface area contributed by atoms with Crippen LogP contribution < -0.4 is 0 Å². The summed E-state index contributed by atoms with van der Waals surface area (Å²) in [5.74, 6) is -0.247. The lowest BCUT2D eigenvalue weighted by atomic mass is 9.95. The molecule has 5 atom stereocenters. The molecule has 2 saturated heterocycles. The number of hydrogen-bond acceptors (Lipinski definition) is 7. The first-order valence-electron chi connectivity index (χ1n) is 15.4. The second-order valence-electron chi connectivity index (χ2n) is 12.0. The lowest BCUT2D eigenvalue weighted by molar-refractivity contribution is -0.148. The van der Waals surface area contributed by atoms with Gasteiger partial charge in [-0.2, -0.15) is 0 Å². The minimum Gasteiger partial charge on any atom is -0.457 e. The first-order valence-corrected chi connectivity index (χ1v) is 15.4. The van der Waals surface area contributed by atoms with E-state index in [0.29, 0.717) is 26.1 Å². The third kappa shape index (κ3) is 10.8. The van der Waals surface area contributed by atoms with Crippen LogP contribution in [0.1, 0.15) is 72.6 Å². The van der Waals surface area contributed by atoms with Crippen LogP contribution in [0.2, 0.25) is 0 Å². The highest BCUT2D eigenvalue weighted by Crippen LogP contribution is 2.23. The Bertz CT molecular complexity index is 955. The molecule has 3 heterocycles. The summed E-state index contributed by atoms with van der Waals surface area (Å²) in [5, 5.41) is 0. The molecule has 9 nitrogen and oxygen atoms in total. The van der Waals surface area contributed by atoms with E-state index in [-0.39, 0.29) is 42.1 Å². The number of amides is 2. The van der Waals surface area contributed by atoms with Crippen molar-refractivity contribution in [2.45, 2.75) is 90.9 Å². The van der Waals surface area contributed by atoms with Crippen LogP contribution in [0.4, 0.5) is 9.59 Å². The van der Waals surface area contributed by atoms with Gasteiger partial charge in [0.15, 0.2) is 0 Å². The molecule has 0 aromatic rings. The topological polar surface area (TPSA) is 88.6 Å². The van der Waals surface area contributed by atoms with E-state index in [1.54, 1.807) is 9.80 Å². The molecular weight excluding hydrogens is 522 g/mol. The Morgan fingerprint density at radius 3 is 2.49 bits per heavy atom. The summed E-state index contributed by atoms with van der Waals surface area (Å²) < 4.78 is 17.4. The van der Waals surface area contributed by atoms with Crippen molar-refractivity contribution in [2.75, 3.05) is 46.4 Å². The summed E-state index contributed by atoms with van der Waals surface area (Å²) in [6.45, 7) is 12.2. The van der Waals surface area contributed by atoms with E-state index in [4.69, 9.17) is 14.2 Å². The number of cyclic esters (lactones) is 1. The Kier molecular flexibility index (Phi) is 13.2. The first kappa shape index (κ1) is 32.7. The van der Waals surface area contributed by atoms with Gasteiger partial charge in [0.05, 0.1) is 6.61 Å². The monoisotopic (exact) mass is 573 g/mol. The number of carbonyl (C=O) groups is 3. The molecule has 0 spiro atoms. The van der Waals surface area contributed by atoms with E-state index in [0.717, 1.165) is 63.7 Å². The Morgan fingerprint density at radius 1 is 1.02 bits per heavy atom. The lowest BCUT2D eigenvalue weighted by Gasteiger charge is -2.32. The van der Waals surface area contributed by atoms with Crippen molar-refractivity contribution >= 4 is 18.2 Å². The summed E-state index contributed by atoms with van der Waals surface area (Å²) in [6, 6.07) is 0.239. The van der Waals surface area contributed by atoms with Crippen molar-refractivity contribution in [3.63, 3.8) is 0 Å². The van der Waals surface area contributed by atoms with Crippen LogP contribution in [0.5, 0.6) is 0 Å². The van der Waals surface area contributed by atoms with Crippen LogP contribution in [-0.2, 0) is 19.0 Å². The number of allylic oxidation sites excluding steroid dienone is 2. The molecular formula is C32H51N3O6. The largest absolute Gasteiger partial charge is 0.457 e. The number of carbonyl (C=O) groups excluding carboxylic acids is 3. The summed E-state index contributed by atoms with van der Waals surface area (Å²) in [5.41, 5.74) is 0.921. The number of esters is 1. The molecule has 2 amide bonds. The van der Waals surface area contributed by atoms with Crippen molar-refractivity contribution in [3.05, 3.63) is 36.0 Å². The minimum absolute atomic E-state index is 0.0489. The number of likely N-dealkylation sites (tertiary alicyclic amines) is 1. The maximum Gasteiger partial charge on any atom is 0.410 e. The lowest BCUT2D eigenvalue weighted by Crippen LogP contribution is -2.47. The molecule has 41 heavy (non-hydrogen) atoms. The molecule has 3 aliphatic heterocycles. The zero-order valence-electron chi connectivity index (χ0n) is 25.8. The number of rotatable bonds is 6. The fourth-order valence-corrected chi connectivity index (χ4v) is 5.43. The van der Waals surface area contributed by atoms with E-state index < -0.39 is 6.10 Å². The zero-order valence-corrected chi connectivity index (χ0v) is 25.8. The fraction of sp³-hybridized carbons (Fsp3) is 0.719. The third-order valence-electron chi connectivity index (χ3n) is 8.25. The maximum atomic E-state index is 12.8. The van der Waals surface area contributed by atoms with E-state index in [1.807, 2.05) is 51.2 Å². The highest BCUT2D eigenvalue weighted by atomic mass is 16.6. The van der Waals surface area contributed by atoms with Gasteiger partial charge < -0.3 is 28.9 Å². The summed E-state index contributed by atoms with van der Waals surface area (Å²) in [7, 11) is 2.06. The molecule has 3 rings (SSSR count). The number of likely N-dealkylation sites (N-methyl/N-ethyl adjacent to an activating group) is 1. The predicted molar refractivity (Wildman–Crippen MR) is 159 cm³/mol. The van der Waals surface area contributed by atoms with Crippen LogP contribution in [-0.4, -0.2) is 97.5 Å². The highest BCUT2D eigenvalue weighted by molar-refractivity contribution is 5.70. The van der Waals surface area contributed by atoms with Gasteiger partial charge in [-0.05, 0) is 64.6 Å². The molecule has 0 radical (unpaired) electrons. The standard InChI is InChI=1S/C32H51N3O6/c1-24(23-39-32(38)35-18-10-13-27(35)4)11-9-12-25(2)30-26(3)16-17-28(14-7-6-8-15-29(36)41-30)40-31(37)34-21-19-33(5)20-22-34/h9,11-12,16-17,24,26-28,30H,6-8,10,13-15,18-23H2,1-5H3/b11-9+,17-16+,25-12+/t24?,26-,27-,28+,30+/m0/s1. The smallest absolute Gasteiger partial charge is 0.410 e. The number of piperazine rings is 1. The SMILES string of the molecule is C/C(=C\C=C\C(C)COC(=O)N1CCC[C@@H]1C)[C@H]1OC(=O)CCCCC[C@@H](OC(=O)N2CCN(C)CC2)/C=C/[C@@H]1C. The van der Waals surface area contributed by atoms with Gasteiger partial charge >= 0.3 is 18.2 Å². The summed E-state index contributed by atoms with van der Waals surface area (Å²) in [6.07, 6.45) is 14.3. The molecule has 9 heteroatoms. The maximum absolute atomic E-state index is 12.8. The van der Waals surface area contributed by atoms with Gasteiger partial charge in [-0.15, -0.1) is 0 Å². The molecule has 0 aromatic heterocycles. The number of nitrogens with zero attached hydrogens (tertiary/aromatic N) is 3. The van der Waals surface area contributed by atoms with E-state index in [1.165, 1.54) is 0 Å². The molecule has 3 aliphatic rings. The van der Waals surface area contributed by atoms with E-state index >= 15 is 0 Å². The highest BCUT2D eigenvalue weighted by Gasteiger charge is 2.27. The van der Waals surface area contributed by atoms with Gasteiger partial charge in [0, 0.05) is 57.0 Å². The van der Waals surface area contributed by atoms with Gasteiger partial charge in [0.2, 0.25) is 0 Å². The summed E-state index contributed by atoms with van der Waals surface area (Å²) in [4.78, 5) is 43.5. The van der Waals surface area contributed by atoms with Crippen LogP contribution in [0, 0.1) is 11.8 Å². The third-order valence-corrected chi connectivity index (χ3v) is 8.25. The van der Waals surface area contributed by atoms with Gasteiger partial charge in [-0.25, -0.2) is 9.59 Å². The molecule has 0 aliphatic carbocycles. The zero-order chi connectivity index (χ0) is 29.8. The average molecular weight is 574 g/mol. The Morgan fingerprint density at radius 2 is 1.78 bits per heavy atom. The van der Waals surface area contributed by atoms with Gasteiger partial charge in [-0.1, -0.05) is 44.6 Å². The molecule has 1 unspecified atom stereocenters. The number of hydrogen-bond donors (Lipinski definition) is 0. The van der Waals surface area contributed by atoms with E-state index in [2.05, 4.69) is 18.9 Å². The summed E-state index contributed by atoms with van der Waals surface area (Å²) >= 11 is 0. The van der Waals surface area contributed by atoms with Crippen molar-refractivity contribution in [1.82, 2.24) is 14.7 Å². The number of ether oxygens (including phenoxy) is 3. The molecule has 0 saturated carbocycles. The molecule has 0 bridgehead atoms. The van der Waals surface area contributed by atoms with E-state index in [9.17, 15) is 14.4 Å². The fourth-order valence-electron chi connectivity index (χ4n) is 5.43. The molecule has 0 aromatic carbocycles. The van der Waals surface area contributed by atoms with Crippen molar-refractivity contribution in [2.24, 2.45) is 11.8 Å². The minimum atomic E-state index is -0.429. The second kappa shape index (κ2) is 16.6. The van der Waals surface area contributed by atoms with Crippen molar-refractivity contribution in [1.29, 1.82) is 0 Å². The second-order valence-corrected chi connectivity index (χ2v) is 12.0. The van der Waals surface area contributed by atoms with Crippen LogP contribution in [0.15, 0.2) is 36.0 Å². The molecule has 230 valence electrons. The Balaban J connectivity index is 1.59. The van der Waals surface area contributed by atoms with Crippen LogP contribution >= 0.6 is 0 Å². The molecule has 0 N–H and O–H groups in total. The molecule has 2 fully saturated rings. The quantitative estimate of drug-likeness (QED) is 0.178. The normalized spacial score (nSPS) is 28.9. The van der Waals surface area contributed by atoms with Gasteiger partial charge in [0.1, 0.15) is 12.2 Å². The Labute approximate surface area is 246 Å². The van der Waals surface area contributed by atoms with Crippen LogP contribution in [0.3, 0.4) is 0 Å². The van der Waals surface area contributed by atoms with Crippen molar-refractivity contribution in [3.8, 4) is 0 Å². The predicted octanol–water partition coefficient (Wildman–Crippen LogP) is 5.57. The Hall–Kier alpha value is -2.81. The van der Waals surface area contributed by atoms with Crippen molar-refractivity contribution < 1.29 is 28.6 Å². The van der Waals surface area contributed by atoms with Crippen LogP contribution in [0.25, 0.3) is 0 Å². The first-order chi connectivity index (χ1) is 19.6. The van der Waals surface area contributed by atoms with Gasteiger partial charge in [-0.3, -0.25) is 4.79 Å². The van der Waals surface area contributed by atoms with Gasteiger partial charge in [0.25, 0.3) is 0 Å². The average Bonchev–Trinajstić information content (AvgIpc) is 3.38.